The summed E-state index contributed by atoms with van der Waals surface area (Å²) in [5.74, 6) is -0.0514. The monoisotopic (exact) mass is 225 g/mol. The maximum absolute atomic E-state index is 11.8. The molecule has 0 aliphatic carbocycles. The molecule has 0 fully saturated rings. The lowest BCUT2D eigenvalue weighted by molar-refractivity contribution is 0.0676. The van der Waals surface area contributed by atoms with E-state index < -0.39 is 6.67 Å². The van der Waals surface area contributed by atoms with Crippen molar-refractivity contribution in [1.82, 2.24) is 4.90 Å². The van der Waals surface area contributed by atoms with Crippen molar-refractivity contribution in [1.29, 1.82) is 0 Å². The molecule has 0 saturated heterocycles. The number of amides is 1. The molecule has 0 radical (unpaired) electrons. The topological polar surface area (TPSA) is 29.5 Å². The Bertz CT molecular complexity index is 316. The van der Waals surface area contributed by atoms with Gasteiger partial charge in [-0.25, -0.2) is 4.39 Å². The Kier molecular flexibility index (Phi) is 5.50. The lowest BCUT2D eigenvalue weighted by Gasteiger charge is -2.16. The van der Waals surface area contributed by atoms with Gasteiger partial charge in [0.15, 0.2) is 0 Å². The van der Waals surface area contributed by atoms with Gasteiger partial charge in [0.2, 0.25) is 0 Å². The molecule has 0 spiro atoms. The largest absolute Gasteiger partial charge is 0.377 e. The average molecular weight is 225 g/mol. The fourth-order valence-electron chi connectivity index (χ4n) is 1.26. The molecule has 88 valence electrons. The van der Waals surface area contributed by atoms with Crippen LogP contribution in [-0.2, 0) is 4.74 Å². The molecule has 4 heteroatoms. The number of hydrogen-bond acceptors (Lipinski definition) is 2. The highest BCUT2D eigenvalue weighted by molar-refractivity contribution is 5.93. The highest BCUT2D eigenvalue weighted by atomic mass is 19.1. The summed E-state index contributed by atoms with van der Waals surface area (Å²) >= 11 is 0. The van der Waals surface area contributed by atoms with Gasteiger partial charge in [-0.15, -0.1) is 0 Å². The molecular weight excluding hydrogens is 209 g/mol. The second-order valence-corrected chi connectivity index (χ2v) is 3.39. The van der Waals surface area contributed by atoms with Crippen LogP contribution in [0.5, 0.6) is 0 Å². The van der Waals surface area contributed by atoms with E-state index in [-0.39, 0.29) is 12.5 Å². The Labute approximate surface area is 94.8 Å². The third-order valence-electron chi connectivity index (χ3n) is 2.16. The van der Waals surface area contributed by atoms with Crippen molar-refractivity contribution in [2.45, 2.75) is 0 Å². The average Bonchev–Trinajstić information content (AvgIpc) is 2.34. The van der Waals surface area contributed by atoms with Crippen molar-refractivity contribution in [3.63, 3.8) is 0 Å². The van der Waals surface area contributed by atoms with E-state index in [0.29, 0.717) is 18.7 Å². The fourth-order valence-corrected chi connectivity index (χ4v) is 1.26. The highest BCUT2D eigenvalue weighted by Gasteiger charge is 2.09. The number of carbonyl (C=O) groups is 1. The molecule has 0 aliphatic rings. The third kappa shape index (κ3) is 3.98. The lowest BCUT2D eigenvalue weighted by atomic mass is 10.2. The summed E-state index contributed by atoms with van der Waals surface area (Å²) < 4.78 is 16.7. The van der Waals surface area contributed by atoms with Gasteiger partial charge in [0, 0.05) is 19.2 Å². The Balaban J connectivity index is 2.37. The van der Waals surface area contributed by atoms with Gasteiger partial charge in [0.25, 0.3) is 5.91 Å². The van der Waals surface area contributed by atoms with Gasteiger partial charge in [-0.1, -0.05) is 18.2 Å². The van der Waals surface area contributed by atoms with Gasteiger partial charge in [-0.2, -0.15) is 0 Å². The molecule has 0 N–H and O–H groups in total. The van der Waals surface area contributed by atoms with Crippen LogP contribution in [0.3, 0.4) is 0 Å². The maximum atomic E-state index is 11.8. The van der Waals surface area contributed by atoms with E-state index in [1.54, 1.807) is 24.1 Å². The van der Waals surface area contributed by atoms with Crippen molar-refractivity contribution in [2.24, 2.45) is 0 Å². The normalized spacial score (nSPS) is 10.1. The van der Waals surface area contributed by atoms with Crippen LogP contribution in [0.25, 0.3) is 0 Å². The lowest BCUT2D eigenvalue weighted by Crippen LogP contribution is -2.30. The Morgan fingerprint density at radius 1 is 1.31 bits per heavy atom. The molecule has 0 bridgehead atoms. The number of rotatable bonds is 6. The standard InChI is InChI=1S/C12H16FNO2/c1-14(8-10-16-9-7-13)12(15)11-5-3-2-4-6-11/h2-6H,7-10H2,1H3. The van der Waals surface area contributed by atoms with Gasteiger partial charge in [-0.05, 0) is 12.1 Å². The second-order valence-electron chi connectivity index (χ2n) is 3.39. The number of alkyl halides is 1. The van der Waals surface area contributed by atoms with Crippen LogP contribution in [-0.4, -0.2) is 44.3 Å². The molecule has 1 aromatic rings. The zero-order chi connectivity index (χ0) is 11.8. The van der Waals surface area contributed by atoms with Gasteiger partial charge >= 0.3 is 0 Å². The number of ether oxygens (including phenoxy) is 1. The molecule has 1 rings (SSSR count). The molecular formula is C12H16FNO2. The van der Waals surface area contributed by atoms with Crippen LogP contribution < -0.4 is 0 Å². The molecule has 16 heavy (non-hydrogen) atoms. The van der Waals surface area contributed by atoms with Crippen molar-refractivity contribution >= 4 is 5.91 Å². The van der Waals surface area contributed by atoms with Crippen molar-refractivity contribution in [2.75, 3.05) is 33.5 Å². The van der Waals surface area contributed by atoms with Gasteiger partial charge in [-0.3, -0.25) is 4.79 Å². The minimum atomic E-state index is -0.490. The van der Waals surface area contributed by atoms with Crippen LogP contribution in [0, 0.1) is 0 Å². The van der Waals surface area contributed by atoms with E-state index in [0.717, 1.165) is 0 Å². The molecule has 0 aromatic heterocycles. The van der Waals surface area contributed by atoms with E-state index in [4.69, 9.17) is 4.74 Å². The predicted octanol–water partition coefficient (Wildman–Crippen LogP) is 1.74. The molecule has 3 nitrogen and oxygen atoms in total. The molecule has 0 unspecified atom stereocenters. The van der Waals surface area contributed by atoms with E-state index in [9.17, 15) is 9.18 Å². The first-order chi connectivity index (χ1) is 7.75. The first kappa shape index (κ1) is 12.6. The Morgan fingerprint density at radius 3 is 2.62 bits per heavy atom. The van der Waals surface area contributed by atoms with E-state index in [1.807, 2.05) is 18.2 Å². The third-order valence-corrected chi connectivity index (χ3v) is 2.16. The van der Waals surface area contributed by atoms with Crippen LogP contribution in [0.4, 0.5) is 4.39 Å². The highest BCUT2D eigenvalue weighted by Crippen LogP contribution is 2.02. The smallest absolute Gasteiger partial charge is 0.253 e. The maximum Gasteiger partial charge on any atom is 0.253 e. The second kappa shape index (κ2) is 6.95. The van der Waals surface area contributed by atoms with Gasteiger partial charge in [0.1, 0.15) is 6.67 Å². The predicted molar refractivity (Wildman–Crippen MR) is 60.2 cm³/mol. The summed E-state index contributed by atoms with van der Waals surface area (Å²) in [4.78, 5) is 13.4. The zero-order valence-electron chi connectivity index (χ0n) is 9.36. The Morgan fingerprint density at radius 2 is 2.00 bits per heavy atom. The van der Waals surface area contributed by atoms with Gasteiger partial charge < -0.3 is 9.64 Å². The quantitative estimate of drug-likeness (QED) is 0.690. The number of hydrogen-bond donors (Lipinski definition) is 0. The summed E-state index contributed by atoms with van der Waals surface area (Å²) in [7, 11) is 1.70. The van der Waals surface area contributed by atoms with Crippen LogP contribution >= 0.6 is 0 Å². The zero-order valence-corrected chi connectivity index (χ0v) is 9.36. The first-order valence-corrected chi connectivity index (χ1v) is 5.20. The van der Waals surface area contributed by atoms with Gasteiger partial charge in [0.05, 0.1) is 13.2 Å². The van der Waals surface area contributed by atoms with Crippen molar-refractivity contribution in [3.8, 4) is 0 Å². The van der Waals surface area contributed by atoms with E-state index in [2.05, 4.69) is 0 Å². The SMILES string of the molecule is CN(CCOCCF)C(=O)c1ccccc1. The Hall–Kier alpha value is -1.42. The molecule has 0 atom stereocenters. The minimum Gasteiger partial charge on any atom is -0.377 e. The summed E-state index contributed by atoms with van der Waals surface area (Å²) in [6, 6.07) is 9.03. The molecule has 0 heterocycles. The minimum absolute atomic E-state index is 0.0514. The first-order valence-electron chi connectivity index (χ1n) is 5.20. The number of nitrogens with zero attached hydrogens (tertiary/aromatic N) is 1. The number of halogens is 1. The van der Waals surface area contributed by atoms with Crippen LogP contribution in [0.15, 0.2) is 30.3 Å². The van der Waals surface area contributed by atoms with Crippen LogP contribution in [0.2, 0.25) is 0 Å². The molecule has 1 aromatic carbocycles. The van der Waals surface area contributed by atoms with E-state index >= 15 is 0 Å². The summed E-state index contributed by atoms with van der Waals surface area (Å²) in [6.07, 6.45) is 0. The number of benzene rings is 1. The molecule has 0 saturated carbocycles. The number of carbonyl (C=O) groups excluding carboxylic acids is 1. The molecule has 0 aliphatic heterocycles. The van der Waals surface area contributed by atoms with Crippen molar-refractivity contribution in [3.05, 3.63) is 35.9 Å². The summed E-state index contributed by atoms with van der Waals surface area (Å²) in [5, 5.41) is 0. The van der Waals surface area contributed by atoms with E-state index in [1.165, 1.54) is 0 Å². The molecule has 1 amide bonds. The summed E-state index contributed by atoms with van der Waals surface area (Å²) in [6.45, 7) is 0.427. The van der Waals surface area contributed by atoms with Crippen LogP contribution in [0.1, 0.15) is 10.4 Å². The van der Waals surface area contributed by atoms with Crippen molar-refractivity contribution < 1.29 is 13.9 Å². The fraction of sp³-hybridized carbons (Fsp3) is 0.417. The summed E-state index contributed by atoms with van der Waals surface area (Å²) in [5.41, 5.74) is 0.649. The number of likely N-dealkylation sites (N-methyl/N-ethyl adjacent to an activating group) is 1.